The Labute approximate surface area is 196 Å². The van der Waals surface area contributed by atoms with Gasteiger partial charge in [0.1, 0.15) is 18.1 Å². The Kier molecular flexibility index (Phi) is 8.96. The van der Waals surface area contributed by atoms with Gasteiger partial charge >= 0.3 is 0 Å². The van der Waals surface area contributed by atoms with Crippen molar-refractivity contribution in [3.05, 3.63) is 48.5 Å². The number of benzene rings is 2. The Morgan fingerprint density at radius 3 is 2.48 bits per heavy atom. The number of hydrogen-bond acceptors (Lipinski definition) is 6. The molecule has 0 radical (unpaired) electrons. The van der Waals surface area contributed by atoms with Gasteiger partial charge < -0.3 is 20.1 Å². The van der Waals surface area contributed by atoms with Crippen LogP contribution in [0.4, 0.5) is 5.69 Å². The standard InChI is InChI=1S/C24H33N3O5S/c1-19(2)32-23-12-11-21(33(29,30)27-14-7-4-8-15-27)17-22(23)26-18-24(28)25-13-16-31-20-9-5-3-6-10-20/h3,5-6,9-12,17,19,26H,4,7-8,13-16,18H2,1-2H3,(H,25,28). The molecular formula is C24H33N3O5S. The molecule has 180 valence electrons. The molecule has 0 aliphatic carbocycles. The first-order chi connectivity index (χ1) is 15.9. The van der Waals surface area contributed by atoms with E-state index in [9.17, 15) is 13.2 Å². The Morgan fingerprint density at radius 2 is 1.79 bits per heavy atom. The van der Waals surface area contributed by atoms with Crippen molar-refractivity contribution in [2.24, 2.45) is 0 Å². The summed E-state index contributed by atoms with van der Waals surface area (Å²) in [6.45, 7) is 5.52. The summed E-state index contributed by atoms with van der Waals surface area (Å²) >= 11 is 0. The summed E-state index contributed by atoms with van der Waals surface area (Å²) in [5.41, 5.74) is 0.470. The van der Waals surface area contributed by atoms with Crippen LogP contribution in [0.5, 0.6) is 11.5 Å². The lowest BCUT2D eigenvalue weighted by Gasteiger charge is -2.26. The van der Waals surface area contributed by atoms with Gasteiger partial charge in [0.2, 0.25) is 15.9 Å². The highest BCUT2D eigenvalue weighted by molar-refractivity contribution is 7.89. The maximum atomic E-state index is 13.1. The molecular weight excluding hydrogens is 442 g/mol. The maximum absolute atomic E-state index is 13.1. The molecule has 1 aliphatic heterocycles. The monoisotopic (exact) mass is 475 g/mol. The molecule has 1 fully saturated rings. The lowest BCUT2D eigenvalue weighted by molar-refractivity contribution is -0.119. The molecule has 0 aromatic heterocycles. The van der Waals surface area contributed by atoms with E-state index in [0.29, 0.717) is 37.7 Å². The van der Waals surface area contributed by atoms with Crippen LogP contribution in [-0.4, -0.2) is 57.5 Å². The van der Waals surface area contributed by atoms with Crippen LogP contribution in [0.1, 0.15) is 33.1 Å². The van der Waals surface area contributed by atoms with E-state index in [1.165, 1.54) is 4.31 Å². The Hall–Kier alpha value is -2.78. The van der Waals surface area contributed by atoms with Crippen molar-refractivity contribution in [2.75, 3.05) is 38.1 Å². The molecule has 0 bridgehead atoms. The minimum absolute atomic E-state index is 0.0208. The smallest absolute Gasteiger partial charge is 0.243 e. The zero-order valence-electron chi connectivity index (χ0n) is 19.2. The van der Waals surface area contributed by atoms with Crippen LogP contribution >= 0.6 is 0 Å². The van der Waals surface area contributed by atoms with Gasteiger partial charge in [-0.05, 0) is 57.0 Å². The van der Waals surface area contributed by atoms with E-state index in [4.69, 9.17) is 9.47 Å². The molecule has 9 heteroatoms. The van der Waals surface area contributed by atoms with Gasteiger partial charge in [0.25, 0.3) is 0 Å². The highest BCUT2D eigenvalue weighted by Crippen LogP contribution is 2.30. The van der Waals surface area contributed by atoms with Crippen LogP contribution in [0.3, 0.4) is 0 Å². The van der Waals surface area contributed by atoms with Crippen LogP contribution in [0.25, 0.3) is 0 Å². The topological polar surface area (TPSA) is 97.0 Å². The average Bonchev–Trinajstić information content (AvgIpc) is 2.82. The van der Waals surface area contributed by atoms with E-state index in [0.717, 1.165) is 25.0 Å². The van der Waals surface area contributed by atoms with Gasteiger partial charge in [0.15, 0.2) is 0 Å². The van der Waals surface area contributed by atoms with Gasteiger partial charge in [-0.15, -0.1) is 0 Å². The predicted octanol–water partition coefficient (Wildman–Crippen LogP) is 3.26. The fourth-order valence-corrected chi connectivity index (χ4v) is 5.08. The number of rotatable bonds is 11. The molecule has 0 spiro atoms. The van der Waals surface area contributed by atoms with E-state index >= 15 is 0 Å². The number of piperidine rings is 1. The lowest BCUT2D eigenvalue weighted by Crippen LogP contribution is -2.35. The van der Waals surface area contributed by atoms with Gasteiger partial charge in [-0.2, -0.15) is 4.31 Å². The molecule has 1 amide bonds. The van der Waals surface area contributed by atoms with Crippen LogP contribution in [0.15, 0.2) is 53.4 Å². The van der Waals surface area contributed by atoms with Crippen molar-refractivity contribution in [1.82, 2.24) is 9.62 Å². The summed E-state index contributed by atoms with van der Waals surface area (Å²) in [7, 11) is -3.59. The molecule has 2 N–H and O–H groups in total. The molecule has 0 saturated carbocycles. The van der Waals surface area contributed by atoms with Gasteiger partial charge in [0, 0.05) is 13.1 Å². The number of sulfonamides is 1. The molecule has 0 unspecified atom stereocenters. The van der Waals surface area contributed by atoms with Crippen molar-refractivity contribution in [3.8, 4) is 11.5 Å². The third-order valence-electron chi connectivity index (χ3n) is 5.14. The third kappa shape index (κ3) is 7.36. The van der Waals surface area contributed by atoms with Crippen LogP contribution in [-0.2, 0) is 14.8 Å². The number of carbonyl (C=O) groups is 1. The number of nitrogens with zero attached hydrogens (tertiary/aromatic N) is 1. The second-order valence-electron chi connectivity index (χ2n) is 8.15. The van der Waals surface area contributed by atoms with Crippen molar-refractivity contribution >= 4 is 21.6 Å². The minimum Gasteiger partial charge on any atom is -0.492 e. The van der Waals surface area contributed by atoms with Gasteiger partial charge in [-0.3, -0.25) is 4.79 Å². The Morgan fingerprint density at radius 1 is 1.06 bits per heavy atom. The molecule has 2 aromatic rings. The quantitative estimate of drug-likeness (QED) is 0.484. The number of nitrogens with one attached hydrogen (secondary N) is 2. The maximum Gasteiger partial charge on any atom is 0.243 e. The van der Waals surface area contributed by atoms with Crippen molar-refractivity contribution in [2.45, 2.75) is 44.1 Å². The number of amides is 1. The summed E-state index contributed by atoms with van der Waals surface area (Å²) in [6.07, 6.45) is 2.69. The molecule has 1 heterocycles. The molecule has 0 atom stereocenters. The van der Waals surface area contributed by atoms with Gasteiger partial charge in [-0.1, -0.05) is 24.6 Å². The predicted molar refractivity (Wildman–Crippen MR) is 128 cm³/mol. The van der Waals surface area contributed by atoms with E-state index in [2.05, 4.69) is 10.6 Å². The summed E-state index contributed by atoms with van der Waals surface area (Å²) in [6, 6.07) is 14.1. The number of anilines is 1. The molecule has 2 aromatic carbocycles. The normalized spacial score (nSPS) is 14.6. The first-order valence-electron chi connectivity index (χ1n) is 11.4. The number of hydrogen-bond donors (Lipinski definition) is 2. The second-order valence-corrected chi connectivity index (χ2v) is 10.1. The average molecular weight is 476 g/mol. The van der Waals surface area contributed by atoms with E-state index in [1.54, 1.807) is 18.2 Å². The number of para-hydroxylation sites is 1. The summed E-state index contributed by atoms with van der Waals surface area (Å²) < 4.78 is 39.0. The van der Waals surface area contributed by atoms with Crippen LogP contribution in [0.2, 0.25) is 0 Å². The summed E-state index contributed by atoms with van der Waals surface area (Å²) in [5.74, 6) is 1.02. The highest BCUT2D eigenvalue weighted by Gasteiger charge is 2.27. The van der Waals surface area contributed by atoms with Gasteiger partial charge in [-0.25, -0.2) is 8.42 Å². The largest absolute Gasteiger partial charge is 0.492 e. The Balaban J connectivity index is 1.60. The highest BCUT2D eigenvalue weighted by atomic mass is 32.2. The van der Waals surface area contributed by atoms with E-state index in [1.807, 2.05) is 44.2 Å². The van der Waals surface area contributed by atoms with Crippen molar-refractivity contribution in [3.63, 3.8) is 0 Å². The van der Waals surface area contributed by atoms with Crippen LogP contribution in [0, 0.1) is 0 Å². The zero-order chi connectivity index (χ0) is 23.7. The summed E-state index contributed by atoms with van der Waals surface area (Å²) in [4.78, 5) is 12.5. The number of carbonyl (C=O) groups excluding carboxylic acids is 1. The van der Waals surface area contributed by atoms with E-state index in [-0.39, 0.29) is 23.5 Å². The third-order valence-corrected chi connectivity index (χ3v) is 7.04. The van der Waals surface area contributed by atoms with E-state index < -0.39 is 10.0 Å². The summed E-state index contributed by atoms with van der Waals surface area (Å²) in [5, 5.41) is 5.82. The van der Waals surface area contributed by atoms with Crippen molar-refractivity contribution < 1.29 is 22.7 Å². The number of ether oxygens (including phenoxy) is 2. The zero-order valence-corrected chi connectivity index (χ0v) is 20.1. The molecule has 1 aliphatic rings. The second kappa shape index (κ2) is 11.9. The molecule has 3 rings (SSSR count). The SMILES string of the molecule is CC(C)Oc1ccc(S(=O)(=O)N2CCCCC2)cc1NCC(=O)NCCOc1ccccc1. The first kappa shape index (κ1) is 24.9. The van der Waals surface area contributed by atoms with Gasteiger partial charge in [0.05, 0.1) is 29.8 Å². The van der Waals surface area contributed by atoms with Crippen molar-refractivity contribution in [1.29, 1.82) is 0 Å². The fraction of sp³-hybridized carbons (Fsp3) is 0.458. The van der Waals surface area contributed by atoms with Crippen LogP contribution < -0.4 is 20.1 Å². The Bertz CT molecular complexity index is 1010. The molecule has 1 saturated heterocycles. The first-order valence-corrected chi connectivity index (χ1v) is 12.8. The molecule has 8 nitrogen and oxygen atoms in total. The lowest BCUT2D eigenvalue weighted by atomic mass is 10.2. The minimum atomic E-state index is -3.59. The fourth-order valence-electron chi connectivity index (χ4n) is 3.53. The molecule has 33 heavy (non-hydrogen) atoms.